The number of fused-ring (bicyclic) bond motifs is 1. The van der Waals surface area contributed by atoms with Gasteiger partial charge in [-0.1, -0.05) is 18.3 Å². The van der Waals surface area contributed by atoms with Crippen molar-refractivity contribution in [3.05, 3.63) is 23.5 Å². The smallest absolute Gasteiger partial charge is 0.212 e. The van der Waals surface area contributed by atoms with E-state index in [1.807, 2.05) is 28.5 Å². The van der Waals surface area contributed by atoms with E-state index >= 15 is 0 Å². The van der Waals surface area contributed by atoms with Crippen molar-refractivity contribution in [3.8, 4) is 11.4 Å². The number of rotatable bonds is 2. The van der Waals surface area contributed by atoms with Crippen molar-refractivity contribution < 1.29 is 0 Å². The van der Waals surface area contributed by atoms with E-state index in [0.29, 0.717) is 0 Å². The van der Waals surface area contributed by atoms with Gasteiger partial charge in [0.05, 0.1) is 11.9 Å². The van der Waals surface area contributed by atoms with E-state index in [4.69, 9.17) is 0 Å². The summed E-state index contributed by atoms with van der Waals surface area (Å²) in [7, 11) is 1.91. The molecule has 0 radical (unpaired) electrons. The standard InChI is InChI=1S/C10H11N5S/c1-3-9-13-15-6-7(12-10(15)16-9)8-4-5-11-14(8)2/h4-6H,3H2,1-2H3. The maximum atomic E-state index is 4.54. The molecule has 3 heterocycles. The second-order valence-electron chi connectivity index (χ2n) is 3.54. The fourth-order valence-electron chi connectivity index (χ4n) is 1.63. The topological polar surface area (TPSA) is 48.0 Å². The van der Waals surface area contributed by atoms with Crippen molar-refractivity contribution in [2.24, 2.45) is 7.05 Å². The van der Waals surface area contributed by atoms with Gasteiger partial charge < -0.3 is 0 Å². The van der Waals surface area contributed by atoms with Crippen LogP contribution in [0.4, 0.5) is 0 Å². The van der Waals surface area contributed by atoms with Crippen molar-refractivity contribution in [1.29, 1.82) is 0 Å². The molecule has 0 fully saturated rings. The average molecular weight is 233 g/mol. The molecule has 3 aromatic rings. The molecule has 0 bridgehead atoms. The first kappa shape index (κ1) is 9.53. The molecular formula is C10H11N5S. The molecule has 0 aliphatic rings. The Morgan fingerprint density at radius 1 is 1.44 bits per heavy atom. The number of nitrogens with zero attached hydrogens (tertiary/aromatic N) is 5. The van der Waals surface area contributed by atoms with Gasteiger partial charge in [0.15, 0.2) is 0 Å². The van der Waals surface area contributed by atoms with E-state index in [9.17, 15) is 0 Å². The van der Waals surface area contributed by atoms with Gasteiger partial charge in [-0.2, -0.15) is 10.2 Å². The third-order valence-corrected chi connectivity index (χ3v) is 3.54. The van der Waals surface area contributed by atoms with Gasteiger partial charge in [-0.3, -0.25) is 4.68 Å². The molecule has 5 nitrogen and oxygen atoms in total. The maximum Gasteiger partial charge on any atom is 0.212 e. The zero-order chi connectivity index (χ0) is 11.1. The van der Waals surface area contributed by atoms with Crippen LogP contribution in [0.25, 0.3) is 16.3 Å². The Morgan fingerprint density at radius 2 is 2.31 bits per heavy atom. The molecule has 6 heteroatoms. The molecule has 0 aliphatic heterocycles. The molecule has 0 unspecified atom stereocenters. The van der Waals surface area contributed by atoms with E-state index < -0.39 is 0 Å². The SMILES string of the molecule is CCc1nn2cc(-c3ccnn3C)nc2s1. The molecule has 0 aromatic carbocycles. The van der Waals surface area contributed by atoms with Crippen molar-refractivity contribution in [2.45, 2.75) is 13.3 Å². The van der Waals surface area contributed by atoms with Crippen LogP contribution in [0.1, 0.15) is 11.9 Å². The largest absolute Gasteiger partial charge is 0.266 e. The Kier molecular flexibility index (Phi) is 2.03. The number of hydrogen-bond acceptors (Lipinski definition) is 4. The third-order valence-electron chi connectivity index (χ3n) is 2.47. The van der Waals surface area contributed by atoms with Crippen molar-refractivity contribution in [3.63, 3.8) is 0 Å². The highest BCUT2D eigenvalue weighted by atomic mass is 32.1. The highest BCUT2D eigenvalue weighted by Gasteiger charge is 2.10. The lowest BCUT2D eigenvalue weighted by Gasteiger charge is -1.94. The lowest BCUT2D eigenvalue weighted by Crippen LogP contribution is -1.93. The summed E-state index contributed by atoms with van der Waals surface area (Å²) in [6.07, 6.45) is 4.67. The van der Waals surface area contributed by atoms with Crippen LogP contribution < -0.4 is 0 Å². The molecule has 3 rings (SSSR count). The Morgan fingerprint density at radius 3 is 2.94 bits per heavy atom. The van der Waals surface area contributed by atoms with Gasteiger partial charge in [-0.05, 0) is 12.5 Å². The minimum Gasteiger partial charge on any atom is -0.266 e. The predicted molar refractivity (Wildman–Crippen MR) is 62.4 cm³/mol. The summed E-state index contributed by atoms with van der Waals surface area (Å²) < 4.78 is 3.65. The quantitative estimate of drug-likeness (QED) is 0.677. The highest BCUT2D eigenvalue weighted by Crippen LogP contribution is 2.21. The third kappa shape index (κ3) is 1.34. The number of aryl methyl sites for hydroxylation is 2. The molecule has 0 saturated carbocycles. The summed E-state index contributed by atoms with van der Waals surface area (Å²) in [6.45, 7) is 2.10. The van der Waals surface area contributed by atoms with Gasteiger partial charge in [-0.25, -0.2) is 9.50 Å². The maximum absolute atomic E-state index is 4.54. The molecule has 0 saturated heterocycles. The van der Waals surface area contributed by atoms with Crippen molar-refractivity contribution in [1.82, 2.24) is 24.4 Å². The molecule has 3 aromatic heterocycles. The second kappa shape index (κ2) is 3.41. The molecular weight excluding hydrogens is 222 g/mol. The van der Waals surface area contributed by atoms with Gasteiger partial charge in [0.2, 0.25) is 4.96 Å². The average Bonchev–Trinajstić information content (AvgIpc) is 2.89. The Labute approximate surface area is 96.4 Å². The van der Waals surface area contributed by atoms with Crippen LogP contribution in [-0.4, -0.2) is 24.4 Å². The molecule has 16 heavy (non-hydrogen) atoms. The molecule has 82 valence electrons. The van der Waals surface area contributed by atoms with E-state index in [-0.39, 0.29) is 0 Å². The fraction of sp³-hybridized carbons (Fsp3) is 0.300. The Bertz CT molecular complexity index is 601. The van der Waals surface area contributed by atoms with E-state index in [1.165, 1.54) is 0 Å². The molecule has 0 aliphatic carbocycles. The molecule has 0 N–H and O–H groups in total. The van der Waals surface area contributed by atoms with Crippen LogP contribution in [0.3, 0.4) is 0 Å². The number of imidazole rings is 1. The van der Waals surface area contributed by atoms with Crippen LogP contribution >= 0.6 is 11.3 Å². The van der Waals surface area contributed by atoms with Crippen LogP contribution in [-0.2, 0) is 13.5 Å². The van der Waals surface area contributed by atoms with Gasteiger partial charge in [-0.15, -0.1) is 0 Å². The summed E-state index contributed by atoms with van der Waals surface area (Å²) in [6, 6.07) is 1.95. The highest BCUT2D eigenvalue weighted by molar-refractivity contribution is 7.16. The summed E-state index contributed by atoms with van der Waals surface area (Å²) in [5.41, 5.74) is 1.93. The fourth-order valence-corrected chi connectivity index (χ4v) is 2.45. The van der Waals surface area contributed by atoms with Crippen LogP contribution in [0.5, 0.6) is 0 Å². The summed E-state index contributed by atoms with van der Waals surface area (Å²) >= 11 is 1.63. The van der Waals surface area contributed by atoms with Crippen LogP contribution in [0, 0.1) is 0 Å². The molecule has 0 atom stereocenters. The second-order valence-corrected chi connectivity index (χ2v) is 4.58. The van der Waals surface area contributed by atoms with E-state index in [0.717, 1.165) is 27.8 Å². The minimum atomic E-state index is 0.918. The zero-order valence-corrected chi connectivity index (χ0v) is 9.90. The van der Waals surface area contributed by atoms with E-state index in [2.05, 4.69) is 22.1 Å². The first-order chi connectivity index (χ1) is 7.78. The van der Waals surface area contributed by atoms with Crippen molar-refractivity contribution in [2.75, 3.05) is 0 Å². The Balaban J connectivity index is 2.13. The summed E-state index contributed by atoms with van der Waals surface area (Å²) in [4.78, 5) is 5.48. The minimum absolute atomic E-state index is 0.918. The summed E-state index contributed by atoms with van der Waals surface area (Å²) in [5, 5.41) is 9.68. The normalized spacial score (nSPS) is 11.4. The summed E-state index contributed by atoms with van der Waals surface area (Å²) in [5.74, 6) is 0. The lowest BCUT2D eigenvalue weighted by atomic mass is 10.3. The zero-order valence-electron chi connectivity index (χ0n) is 9.08. The van der Waals surface area contributed by atoms with Gasteiger partial charge in [0.25, 0.3) is 0 Å². The van der Waals surface area contributed by atoms with E-state index in [1.54, 1.807) is 17.5 Å². The van der Waals surface area contributed by atoms with Crippen molar-refractivity contribution >= 4 is 16.3 Å². The lowest BCUT2D eigenvalue weighted by molar-refractivity contribution is 0.774. The number of hydrogen-bond donors (Lipinski definition) is 0. The van der Waals surface area contributed by atoms with Crippen LogP contribution in [0.15, 0.2) is 18.5 Å². The first-order valence-corrected chi connectivity index (χ1v) is 5.93. The van der Waals surface area contributed by atoms with Crippen LogP contribution in [0.2, 0.25) is 0 Å². The van der Waals surface area contributed by atoms with Gasteiger partial charge >= 0.3 is 0 Å². The monoisotopic (exact) mass is 233 g/mol. The molecule has 0 spiro atoms. The van der Waals surface area contributed by atoms with Gasteiger partial charge in [0.1, 0.15) is 10.7 Å². The number of aromatic nitrogens is 5. The Hall–Kier alpha value is -1.69. The first-order valence-electron chi connectivity index (χ1n) is 5.11. The predicted octanol–water partition coefficient (Wildman–Crippen LogP) is 1.75. The molecule has 0 amide bonds. The van der Waals surface area contributed by atoms with Gasteiger partial charge in [0, 0.05) is 13.2 Å².